The third-order valence-electron chi connectivity index (χ3n) is 3.28. The fourth-order valence-electron chi connectivity index (χ4n) is 2.40. The molecule has 7 heteroatoms. The van der Waals surface area contributed by atoms with Crippen molar-refractivity contribution < 1.29 is 4.79 Å². The predicted molar refractivity (Wildman–Crippen MR) is 93.4 cm³/mol. The molecule has 24 heavy (non-hydrogen) atoms. The van der Waals surface area contributed by atoms with Crippen molar-refractivity contribution in [2.45, 2.75) is 53.9 Å². The van der Waals surface area contributed by atoms with Gasteiger partial charge in [0.2, 0.25) is 11.9 Å². The van der Waals surface area contributed by atoms with Crippen molar-refractivity contribution in [3.63, 3.8) is 0 Å². The Morgan fingerprint density at radius 3 is 2.67 bits per heavy atom. The van der Waals surface area contributed by atoms with Crippen LogP contribution in [-0.4, -0.2) is 25.7 Å². The van der Waals surface area contributed by atoms with Crippen LogP contribution < -0.4 is 10.9 Å². The Balaban J connectivity index is 2.35. The lowest BCUT2D eigenvalue weighted by Gasteiger charge is -2.17. The molecule has 2 aromatic rings. The number of aromatic nitrogens is 4. The quantitative estimate of drug-likeness (QED) is 0.880. The number of carbonyl (C=O) groups excluding carboxylic acids is 1. The monoisotopic (exact) mass is 331 g/mol. The molecule has 1 amide bonds. The first-order valence-corrected chi connectivity index (χ1v) is 8.15. The first-order valence-electron chi connectivity index (χ1n) is 8.15. The standard InChI is InChI=1S/C17H25N5O2/c1-6-7-12-9-14(23)20-16(18-12)22-13(8-11(2)21-22)19-15(24)10-17(3,4)5/h8-9H,6-7,10H2,1-5H3,(H,19,24)(H,18,20,23). The van der Waals surface area contributed by atoms with Crippen molar-refractivity contribution in [3.05, 3.63) is 33.9 Å². The first-order chi connectivity index (χ1) is 11.2. The van der Waals surface area contributed by atoms with Gasteiger partial charge in [-0.15, -0.1) is 0 Å². The molecule has 0 aliphatic carbocycles. The normalized spacial score (nSPS) is 11.5. The maximum Gasteiger partial charge on any atom is 0.252 e. The second kappa shape index (κ2) is 6.98. The Labute approximate surface area is 141 Å². The highest BCUT2D eigenvalue weighted by atomic mass is 16.1. The minimum atomic E-state index is -0.233. The van der Waals surface area contributed by atoms with Gasteiger partial charge >= 0.3 is 0 Å². The Kier molecular flexibility index (Phi) is 5.21. The van der Waals surface area contributed by atoms with Crippen LogP contribution in [0.5, 0.6) is 0 Å². The maximum atomic E-state index is 12.2. The molecular formula is C17H25N5O2. The Morgan fingerprint density at radius 1 is 1.33 bits per heavy atom. The minimum absolute atomic E-state index is 0.101. The Hall–Kier alpha value is -2.44. The Morgan fingerprint density at radius 2 is 2.04 bits per heavy atom. The highest BCUT2D eigenvalue weighted by Crippen LogP contribution is 2.20. The zero-order valence-electron chi connectivity index (χ0n) is 14.9. The molecule has 2 heterocycles. The van der Waals surface area contributed by atoms with Crippen LogP contribution in [0.3, 0.4) is 0 Å². The molecule has 0 aliphatic heterocycles. The molecule has 2 aromatic heterocycles. The van der Waals surface area contributed by atoms with E-state index in [1.807, 2.05) is 34.6 Å². The highest BCUT2D eigenvalue weighted by Gasteiger charge is 2.18. The highest BCUT2D eigenvalue weighted by molar-refractivity contribution is 5.90. The molecule has 2 N–H and O–H groups in total. The van der Waals surface area contributed by atoms with E-state index in [0.29, 0.717) is 30.3 Å². The van der Waals surface area contributed by atoms with Gasteiger partial charge < -0.3 is 5.32 Å². The number of aromatic amines is 1. The molecule has 0 unspecified atom stereocenters. The lowest BCUT2D eigenvalue weighted by Crippen LogP contribution is -2.22. The maximum absolute atomic E-state index is 12.2. The fourth-order valence-corrected chi connectivity index (χ4v) is 2.40. The summed E-state index contributed by atoms with van der Waals surface area (Å²) in [6.45, 7) is 9.86. The number of nitrogens with one attached hydrogen (secondary N) is 2. The molecule has 0 aromatic carbocycles. The van der Waals surface area contributed by atoms with Crippen molar-refractivity contribution >= 4 is 11.7 Å². The van der Waals surface area contributed by atoms with Gasteiger partial charge in [-0.2, -0.15) is 9.78 Å². The number of carbonyl (C=O) groups is 1. The average Bonchev–Trinajstić information content (AvgIpc) is 2.77. The SMILES string of the molecule is CCCc1cc(=O)[nH]c(-n2nc(C)cc2NC(=O)CC(C)(C)C)n1. The van der Waals surface area contributed by atoms with E-state index < -0.39 is 0 Å². The van der Waals surface area contributed by atoms with Crippen LogP contribution >= 0.6 is 0 Å². The number of aryl methyl sites for hydroxylation is 2. The first kappa shape index (κ1) is 17.9. The van der Waals surface area contributed by atoms with Crippen LogP contribution in [0.15, 0.2) is 16.9 Å². The van der Waals surface area contributed by atoms with Gasteiger partial charge in [-0.3, -0.25) is 14.6 Å². The molecule has 130 valence electrons. The molecule has 0 fully saturated rings. The zero-order valence-corrected chi connectivity index (χ0v) is 14.9. The van der Waals surface area contributed by atoms with Gasteiger partial charge in [0, 0.05) is 24.2 Å². The zero-order chi connectivity index (χ0) is 17.9. The molecule has 0 aliphatic rings. The summed E-state index contributed by atoms with van der Waals surface area (Å²) in [7, 11) is 0. The summed E-state index contributed by atoms with van der Waals surface area (Å²) in [5, 5.41) is 7.20. The van der Waals surface area contributed by atoms with Gasteiger partial charge in [0.15, 0.2) is 0 Å². The van der Waals surface area contributed by atoms with Crippen LogP contribution in [0.4, 0.5) is 5.82 Å². The van der Waals surface area contributed by atoms with E-state index in [2.05, 4.69) is 20.4 Å². The number of anilines is 1. The van der Waals surface area contributed by atoms with Gasteiger partial charge in [0.1, 0.15) is 5.82 Å². The number of hydrogen-bond donors (Lipinski definition) is 2. The van der Waals surface area contributed by atoms with E-state index in [1.165, 1.54) is 10.7 Å². The number of nitrogens with zero attached hydrogens (tertiary/aromatic N) is 3. The Bertz CT molecular complexity index is 783. The van der Waals surface area contributed by atoms with E-state index in [4.69, 9.17) is 0 Å². The molecule has 0 atom stereocenters. The topological polar surface area (TPSA) is 92.7 Å². The van der Waals surface area contributed by atoms with Gasteiger partial charge in [-0.05, 0) is 18.8 Å². The van der Waals surface area contributed by atoms with Crippen LogP contribution in [0.25, 0.3) is 5.95 Å². The van der Waals surface area contributed by atoms with Gasteiger partial charge in [-0.1, -0.05) is 34.1 Å². The van der Waals surface area contributed by atoms with Crippen LogP contribution in [0, 0.1) is 12.3 Å². The molecule has 2 rings (SSSR count). The molecule has 0 saturated heterocycles. The smallest absolute Gasteiger partial charge is 0.252 e. The fraction of sp³-hybridized carbons (Fsp3) is 0.529. The lowest BCUT2D eigenvalue weighted by atomic mass is 9.92. The van der Waals surface area contributed by atoms with E-state index >= 15 is 0 Å². The van der Waals surface area contributed by atoms with Crippen molar-refractivity contribution in [2.24, 2.45) is 5.41 Å². The summed E-state index contributed by atoms with van der Waals surface area (Å²) in [6, 6.07) is 3.24. The van der Waals surface area contributed by atoms with Crippen LogP contribution in [0.1, 0.15) is 51.9 Å². The van der Waals surface area contributed by atoms with E-state index in [9.17, 15) is 9.59 Å². The molecular weight excluding hydrogens is 306 g/mol. The molecule has 0 spiro atoms. The van der Waals surface area contributed by atoms with Crippen molar-refractivity contribution in [3.8, 4) is 5.95 Å². The van der Waals surface area contributed by atoms with Crippen LogP contribution in [0.2, 0.25) is 0 Å². The van der Waals surface area contributed by atoms with Crippen LogP contribution in [-0.2, 0) is 11.2 Å². The predicted octanol–water partition coefficient (Wildman–Crippen LogP) is 2.59. The summed E-state index contributed by atoms with van der Waals surface area (Å²) < 4.78 is 1.47. The number of hydrogen-bond acceptors (Lipinski definition) is 4. The van der Waals surface area contributed by atoms with E-state index in [-0.39, 0.29) is 16.9 Å². The van der Waals surface area contributed by atoms with Gasteiger partial charge in [0.25, 0.3) is 5.56 Å². The summed E-state index contributed by atoms with van der Waals surface area (Å²) in [6.07, 6.45) is 1.99. The lowest BCUT2D eigenvalue weighted by molar-refractivity contribution is -0.117. The molecule has 0 bridgehead atoms. The third kappa shape index (κ3) is 4.78. The summed E-state index contributed by atoms with van der Waals surface area (Å²) in [4.78, 5) is 31.2. The number of H-pyrrole nitrogens is 1. The van der Waals surface area contributed by atoms with E-state index in [1.54, 1.807) is 6.07 Å². The number of amides is 1. The third-order valence-corrected chi connectivity index (χ3v) is 3.28. The summed E-state index contributed by atoms with van der Waals surface area (Å²) in [5.74, 6) is 0.708. The molecule has 0 saturated carbocycles. The second-order valence-corrected chi connectivity index (χ2v) is 7.18. The molecule has 0 radical (unpaired) electrons. The van der Waals surface area contributed by atoms with Gasteiger partial charge in [0.05, 0.1) is 5.69 Å². The summed E-state index contributed by atoms with van der Waals surface area (Å²) in [5.41, 5.74) is 1.09. The number of rotatable bonds is 5. The molecule has 7 nitrogen and oxygen atoms in total. The van der Waals surface area contributed by atoms with Crippen molar-refractivity contribution in [1.29, 1.82) is 0 Å². The van der Waals surface area contributed by atoms with Gasteiger partial charge in [-0.25, -0.2) is 4.98 Å². The second-order valence-electron chi connectivity index (χ2n) is 7.18. The van der Waals surface area contributed by atoms with E-state index in [0.717, 1.165) is 12.1 Å². The van der Waals surface area contributed by atoms with Crippen molar-refractivity contribution in [1.82, 2.24) is 19.7 Å². The minimum Gasteiger partial charge on any atom is -0.310 e. The summed E-state index contributed by atoms with van der Waals surface area (Å²) >= 11 is 0. The van der Waals surface area contributed by atoms with Crippen molar-refractivity contribution in [2.75, 3.05) is 5.32 Å². The average molecular weight is 331 g/mol. The largest absolute Gasteiger partial charge is 0.310 e.